The summed E-state index contributed by atoms with van der Waals surface area (Å²) in [5, 5.41) is 0. The quantitative estimate of drug-likeness (QED) is 0.446. The summed E-state index contributed by atoms with van der Waals surface area (Å²) in [7, 11) is 0. The first-order chi connectivity index (χ1) is 5.81. The number of nitrogens with two attached hydrogens (primary N) is 1. The molecule has 0 saturated heterocycles. The lowest BCUT2D eigenvalue weighted by Gasteiger charge is -2.02. The Labute approximate surface area is 73.0 Å². The molecule has 0 aliphatic rings. The van der Waals surface area contributed by atoms with Crippen LogP contribution in [0.1, 0.15) is 19.8 Å². The Morgan fingerprint density at radius 3 is 2.75 bits per heavy atom. The molecule has 0 radical (unpaired) electrons. The van der Waals surface area contributed by atoms with Crippen molar-refractivity contribution in [1.82, 2.24) is 0 Å². The predicted octanol–water partition coefficient (Wildman–Crippen LogP) is 0.305. The summed E-state index contributed by atoms with van der Waals surface area (Å²) in [5.41, 5.74) is 5.20. The molecule has 0 aromatic heterocycles. The lowest BCUT2D eigenvalue weighted by molar-refractivity contribution is -0.143. The molecule has 4 heteroatoms. The fourth-order valence-corrected chi connectivity index (χ4v) is 0.737. The molecule has 0 amide bonds. The van der Waals surface area contributed by atoms with Gasteiger partial charge in [0.15, 0.2) is 0 Å². The maximum Gasteiger partial charge on any atom is 0.305 e. The summed E-state index contributed by atoms with van der Waals surface area (Å²) in [4.78, 5) is 10.8. The molecular formula is C8H17NO3. The van der Waals surface area contributed by atoms with Gasteiger partial charge in [0.25, 0.3) is 0 Å². The summed E-state index contributed by atoms with van der Waals surface area (Å²) < 4.78 is 9.81. The van der Waals surface area contributed by atoms with Crippen molar-refractivity contribution in [1.29, 1.82) is 0 Å². The molecular weight excluding hydrogens is 158 g/mol. The zero-order chi connectivity index (χ0) is 9.23. The maximum atomic E-state index is 10.8. The van der Waals surface area contributed by atoms with Crippen molar-refractivity contribution >= 4 is 5.97 Å². The van der Waals surface area contributed by atoms with Crippen molar-refractivity contribution in [2.45, 2.75) is 19.8 Å². The normalized spacial score (nSPS) is 9.83. The highest BCUT2D eigenvalue weighted by molar-refractivity contribution is 5.69. The van der Waals surface area contributed by atoms with E-state index in [1.807, 2.05) is 0 Å². The fraction of sp³-hybridized carbons (Fsp3) is 0.875. The van der Waals surface area contributed by atoms with Crippen LogP contribution in [-0.2, 0) is 14.3 Å². The van der Waals surface area contributed by atoms with Crippen LogP contribution in [-0.4, -0.2) is 32.3 Å². The number of hydrogen-bond acceptors (Lipinski definition) is 4. The highest BCUT2D eigenvalue weighted by Crippen LogP contribution is 1.93. The molecule has 12 heavy (non-hydrogen) atoms. The molecule has 0 saturated carbocycles. The van der Waals surface area contributed by atoms with Gasteiger partial charge in [-0.2, -0.15) is 0 Å². The highest BCUT2D eigenvalue weighted by Gasteiger charge is 1.99. The topological polar surface area (TPSA) is 61.5 Å². The second-order valence-electron chi connectivity index (χ2n) is 2.31. The Kier molecular flexibility index (Phi) is 8.05. The van der Waals surface area contributed by atoms with E-state index in [-0.39, 0.29) is 5.97 Å². The Hall–Kier alpha value is -0.610. The lowest BCUT2D eigenvalue weighted by atomic mass is 10.3. The van der Waals surface area contributed by atoms with E-state index in [9.17, 15) is 4.79 Å². The molecule has 0 aliphatic carbocycles. The third kappa shape index (κ3) is 7.50. The minimum Gasteiger partial charge on any atom is -0.466 e. The molecule has 0 aromatic carbocycles. The number of carbonyl (C=O) groups is 1. The van der Waals surface area contributed by atoms with E-state index in [0.717, 1.165) is 0 Å². The van der Waals surface area contributed by atoms with Gasteiger partial charge in [0, 0.05) is 19.6 Å². The van der Waals surface area contributed by atoms with Gasteiger partial charge in [-0.05, 0) is 13.3 Å². The third-order valence-corrected chi connectivity index (χ3v) is 1.24. The number of esters is 1. The predicted molar refractivity (Wildman–Crippen MR) is 45.7 cm³/mol. The van der Waals surface area contributed by atoms with Crippen LogP contribution in [0, 0.1) is 0 Å². The summed E-state index contributed by atoms with van der Waals surface area (Å²) in [6.45, 7) is 3.91. The first-order valence-corrected chi connectivity index (χ1v) is 4.24. The molecule has 0 aromatic rings. The first-order valence-electron chi connectivity index (χ1n) is 4.24. The number of carbonyl (C=O) groups excluding carboxylic acids is 1. The van der Waals surface area contributed by atoms with Crippen molar-refractivity contribution in [2.75, 3.05) is 26.4 Å². The van der Waals surface area contributed by atoms with Crippen LogP contribution >= 0.6 is 0 Å². The van der Waals surface area contributed by atoms with Crippen LogP contribution in [0.15, 0.2) is 0 Å². The second-order valence-corrected chi connectivity index (χ2v) is 2.31. The molecule has 0 aliphatic heterocycles. The number of rotatable bonds is 7. The van der Waals surface area contributed by atoms with Gasteiger partial charge in [-0.15, -0.1) is 0 Å². The minimum atomic E-state index is -0.158. The van der Waals surface area contributed by atoms with Gasteiger partial charge < -0.3 is 15.2 Å². The average Bonchev–Trinajstić information content (AvgIpc) is 2.05. The Morgan fingerprint density at radius 2 is 2.17 bits per heavy atom. The van der Waals surface area contributed by atoms with E-state index in [4.69, 9.17) is 15.2 Å². The van der Waals surface area contributed by atoms with E-state index in [1.165, 1.54) is 0 Å². The molecule has 4 nitrogen and oxygen atoms in total. The number of ether oxygens (including phenoxy) is 2. The molecule has 0 rings (SSSR count). The van der Waals surface area contributed by atoms with Crippen molar-refractivity contribution in [3.05, 3.63) is 0 Å². The smallest absolute Gasteiger partial charge is 0.305 e. The van der Waals surface area contributed by atoms with Gasteiger partial charge in [0.05, 0.1) is 13.2 Å². The third-order valence-electron chi connectivity index (χ3n) is 1.24. The Morgan fingerprint density at radius 1 is 1.42 bits per heavy atom. The SMILES string of the molecule is CCOC(=O)CCCOCCN. The van der Waals surface area contributed by atoms with E-state index < -0.39 is 0 Å². The van der Waals surface area contributed by atoms with Gasteiger partial charge in [-0.3, -0.25) is 4.79 Å². The molecule has 2 N–H and O–H groups in total. The second kappa shape index (κ2) is 8.49. The molecule has 0 fully saturated rings. The van der Waals surface area contributed by atoms with Gasteiger partial charge >= 0.3 is 5.97 Å². The van der Waals surface area contributed by atoms with Crippen LogP contribution in [0.3, 0.4) is 0 Å². The molecule has 72 valence electrons. The summed E-state index contributed by atoms with van der Waals surface area (Å²) in [6.07, 6.45) is 1.14. The standard InChI is InChI=1S/C8H17NO3/c1-2-12-8(10)4-3-6-11-7-5-9/h2-7,9H2,1H3. The van der Waals surface area contributed by atoms with Gasteiger partial charge in [0.2, 0.25) is 0 Å². The van der Waals surface area contributed by atoms with Crippen LogP contribution < -0.4 is 5.73 Å². The van der Waals surface area contributed by atoms with E-state index in [0.29, 0.717) is 39.2 Å². The Balaban J connectivity index is 3.03. The van der Waals surface area contributed by atoms with Crippen LogP contribution in [0.25, 0.3) is 0 Å². The number of hydrogen-bond donors (Lipinski definition) is 1. The molecule has 0 spiro atoms. The van der Waals surface area contributed by atoms with Crippen molar-refractivity contribution < 1.29 is 14.3 Å². The molecule has 0 unspecified atom stereocenters. The van der Waals surface area contributed by atoms with Crippen molar-refractivity contribution in [2.24, 2.45) is 5.73 Å². The molecule has 0 bridgehead atoms. The lowest BCUT2D eigenvalue weighted by Crippen LogP contribution is -2.10. The monoisotopic (exact) mass is 175 g/mol. The van der Waals surface area contributed by atoms with Crippen LogP contribution in [0.5, 0.6) is 0 Å². The average molecular weight is 175 g/mol. The van der Waals surface area contributed by atoms with Gasteiger partial charge in [-0.25, -0.2) is 0 Å². The highest BCUT2D eigenvalue weighted by atomic mass is 16.5. The summed E-state index contributed by atoms with van der Waals surface area (Å²) in [5.74, 6) is -0.158. The molecule has 0 atom stereocenters. The maximum absolute atomic E-state index is 10.8. The first kappa shape index (κ1) is 11.4. The van der Waals surface area contributed by atoms with E-state index >= 15 is 0 Å². The van der Waals surface area contributed by atoms with Crippen LogP contribution in [0.4, 0.5) is 0 Å². The van der Waals surface area contributed by atoms with Gasteiger partial charge in [0.1, 0.15) is 0 Å². The van der Waals surface area contributed by atoms with Crippen molar-refractivity contribution in [3.8, 4) is 0 Å². The fourth-order valence-electron chi connectivity index (χ4n) is 0.737. The van der Waals surface area contributed by atoms with Gasteiger partial charge in [-0.1, -0.05) is 0 Å². The zero-order valence-corrected chi connectivity index (χ0v) is 7.54. The molecule has 0 heterocycles. The largest absolute Gasteiger partial charge is 0.466 e. The van der Waals surface area contributed by atoms with Crippen molar-refractivity contribution in [3.63, 3.8) is 0 Å². The zero-order valence-electron chi connectivity index (χ0n) is 7.54. The Bertz CT molecular complexity index is 117. The van der Waals surface area contributed by atoms with E-state index in [2.05, 4.69) is 0 Å². The van der Waals surface area contributed by atoms with E-state index in [1.54, 1.807) is 6.92 Å². The summed E-state index contributed by atoms with van der Waals surface area (Å²) >= 11 is 0. The summed E-state index contributed by atoms with van der Waals surface area (Å²) in [6, 6.07) is 0. The minimum absolute atomic E-state index is 0.158. The van der Waals surface area contributed by atoms with Crippen LogP contribution in [0.2, 0.25) is 0 Å².